The van der Waals surface area contributed by atoms with Crippen LogP contribution in [0, 0.1) is 0 Å². The van der Waals surface area contributed by atoms with Crippen LogP contribution in [0.15, 0.2) is 185 Å². The van der Waals surface area contributed by atoms with E-state index in [-0.39, 0.29) is 22.8 Å². The minimum atomic E-state index is -0.220. The molecule has 9 aromatic heterocycles. The van der Waals surface area contributed by atoms with Crippen molar-refractivity contribution in [2.75, 3.05) is 124 Å². The van der Waals surface area contributed by atoms with Crippen molar-refractivity contribution in [1.82, 2.24) is 66.6 Å². The number of piperazine rings is 2. The number of aliphatic hydroxyl groups is 1. The van der Waals surface area contributed by atoms with Gasteiger partial charge in [-0.05, 0) is 112 Å². The Bertz CT molecular complexity index is 5710. The summed E-state index contributed by atoms with van der Waals surface area (Å²) in [6.45, 7) is 9.91. The van der Waals surface area contributed by atoms with Crippen molar-refractivity contribution in [1.29, 1.82) is 0 Å². The Balaban J connectivity index is 0.000000119. The van der Waals surface area contributed by atoms with E-state index in [4.69, 9.17) is 24.4 Å². The Hall–Kier alpha value is -12.1. The fraction of sp³-hybridized carbons (Fsp3) is 0.260. The lowest BCUT2D eigenvalue weighted by Gasteiger charge is -2.34. The van der Waals surface area contributed by atoms with Gasteiger partial charge in [-0.15, -0.1) is 0 Å². The second-order valence-corrected chi connectivity index (χ2v) is 26.6. The van der Waals surface area contributed by atoms with Crippen LogP contribution in [-0.4, -0.2) is 172 Å². The number of para-hydroxylation sites is 3. The normalized spacial score (nSPS) is 14.9. The highest BCUT2D eigenvalue weighted by Crippen LogP contribution is 2.36. The van der Waals surface area contributed by atoms with Crippen LogP contribution in [0.5, 0.6) is 11.5 Å². The first-order chi connectivity index (χ1) is 50.1. The molecule has 0 aliphatic carbocycles. The molecule has 0 amide bonds. The zero-order valence-electron chi connectivity index (χ0n) is 58.3. The van der Waals surface area contributed by atoms with E-state index in [1.54, 1.807) is 67.7 Å². The number of nitrogens with zero attached hydrogens (tertiary/aromatic N) is 17. The summed E-state index contributed by atoms with van der Waals surface area (Å²) in [5.41, 5.74) is 14.2. The molecule has 3 aliphatic heterocycles. The molecular weight excluding hydrogens is 1300 g/mol. The predicted molar refractivity (Wildman–Crippen MR) is 409 cm³/mol. The largest absolute Gasteiger partial charge is 0.494 e. The Morgan fingerprint density at radius 2 is 0.718 bits per heavy atom. The van der Waals surface area contributed by atoms with Crippen molar-refractivity contribution >= 4 is 135 Å². The quantitative estimate of drug-likeness (QED) is 0.0940. The molecule has 0 unspecified atom stereocenters. The number of benzene rings is 6. The summed E-state index contributed by atoms with van der Waals surface area (Å²) in [6.07, 6.45) is 6.36. The van der Waals surface area contributed by atoms with Crippen LogP contribution in [0.2, 0.25) is 0 Å². The number of anilines is 9. The highest BCUT2D eigenvalue weighted by Gasteiger charge is 2.24. The van der Waals surface area contributed by atoms with Gasteiger partial charge in [0.05, 0.1) is 66.8 Å². The fourth-order valence-electron chi connectivity index (χ4n) is 14.3. The lowest BCUT2D eigenvalue weighted by molar-refractivity contribution is 0.145. The maximum atomic E-state index is 13.0. The number of aliphatic hydroxyl groups excluding tert-OH is 1. The molecule has 3 aliphatic rings. The number of fused-ring (bicyclic) bond motifs is 15. The number of likely N-dealkylation sites (N-methyl/N-ethyl adjacent to an activating group) is 2. The molecule has 0 spiro atoms. The summed E-state index contributed by atoms with van der Waals surface area (Å²) in [7, 11) is 12.9. The first-order valence-electron chi connectivity index (χ1n) is 34.5. The maximum Gasteiger partial charge on any atom is 0.275 e. The van der Waals surface area contributed by atoms with Crippen molar-refractivity contribution in [3.8, 4) is 11.5 Å². The molecule has 15 aromatic rings. The molecule has 0 saturated carbocycles. The second-order valence-electron chi connectivity index (χ2n) is 26.6. The van der Waals surface area contributed by atoms with E-state index in [0.717, 1.165) is 145 Å². The molecule has 522 valence electrons. The SMILES string of the molecule is CN1CCN(c2ccc(Nc3ncc4c(n3)n3c(cc5ccccc53)c(=O)n4C)cc2)CC1.COc1cc(N2CCC(O)CC2)ccc1Nc1ncc2c(n1)n1c(cc3ccccc31)c(=O)n2C.COc1cc(N2CCN(C)CC2)ccc1Nc1ncc2c(n1)n1c(cc3ccccc31)c(=O)n2C. The lowest BCUT2D eigenvalue weighted by atomic mass is 10.1. The Morgan fingerprint density at radius 1 is 0.379 bits per heavy atom. The molecule has 103 heavy (non-hydrogen) atoms. The van der Waals surface area contributed by atoms with Gasteiger partial charge in [0, 0.05) is 138 Å². The van der Waals surface area contributed by atoms with Crippen LogP contribution >= 0.6 is 0 Å². The van der Waals surface area contributed by atoms with E-state index in [2.05, 4.69) is 106 Å². The highest BCUT2D eigenvalue weighted by atomic mass is 16.5. The van der Waals surface area contributed by atoms with E-state index in [1.165, 1.54) is 5.69 Å². The number of methoxy groups -OCH3 is 2. The first-order valence-corrected chi connectivity index (χ1v) is 34.5. The molecular formula is C77H78N20O6. The molecule has 26 heteroatoms. The van der Waals surface area contributed by atoms with Crippen LogP contribution in [0.25, 0.3) is 82.8 Å². The van der Waals surface area contributed by atoms with Crippen LogP contribution in [0.3, 0.4) is 0 Å². The highest BCUT2D eigenvalue weighted by molar-refractivity contribution is 5.95. The zero-order chi connectivity index (χ0) is 70.7. The van der Waals surface area contributed by atoms with E-state index < -0.39 is 0 Å². The van der Waals surface area contributed by atoms with Crippen molar-refractivity contribution < 1.29 is 14.6 Å². The van der Waals surface area contributed by atoms with Gasteiger partial charge in [-0.2, -0.15) is 15.0 Å². The zero-order valence-corrected chi connectivity index (χ0v) is 58.3. The van der Waals surface area contributed by atoms with Crippen molar-refractivity contribution in [2.24, 2.45) is 21.1 Å². The molecule has 18 rings (SSSR count). The number of nitrogens with one attached hydrogen (secondary N) is 3. The number of aryl methyl sites for hydroxylation is 3. The topological polar surface area (TPSA) is 248 Å². The summed E-state index contributed by atoms with van der Waals surface area (Å²) < 4.78 is 21.9. The van der Waals surface area contributed by atoms with Crippen molar-refractivity contribution in [3.63, 3.8) is 0 Å². The maximum absolute atomic E-state index is 13.0. The summed E-state index contributed by atoms with van der Waals surface area (Å²) in [5.74, 6) is 2.73. The number of piperidine rings is 1. The third kappa shape index (κ3) is 12.3. The van der Waals surface area contributed by atoms with Gasteiger partial charge in [-0.25, -0.2) is 15.0 Å². The van der Waals surface area contributed by atoms with Crippen molar-refractivity contribution in [2.45, 2.75) is 18.9 Å². The first kappa shape index (κ1) is 65.5. The molecule has 6 aromatic carbocycles. The van der Waals surface area contributed by atoms with Gasteiger partial charge in [0.2, 0.25) is 17.8 Å². The van der Waals surface area contributed by atoms with Gasteiger partial charge in [0.15, 0.2) is 16.9 Å². The summed E-state index contributed by atoms with van der Waals surface area (Å²) in [6, 6.07) is 50.0. The van der Waals surface area contributed by atoms with Gasteiger partial charge < -0.3 is 68.7 Å². The van der Waals surface area contributed by atoms with Crippen LogP contribution in [0.4, 0.5) is 52.0 Å². The van der Waals surface area contributed by atoms with E-state index in [0.29, 0.717) is 73.6 Å². The van der Waals surface area contributed by atoms with Gasteiger partial charge in [0.25, 0.3) is 16.7 Å². The molecule has 3 saturated heterocycles. The molecule has 0 atom stereocenters. The molecule has 0 bridgehead atoms. The van der Waals surface area contributed by atoms with Crippen molar-refractivity contribution in [3.05, 3.63) is 201 Å². The van der Waals surface area contributed by atoms with Gasteiger partial charge in [-0.1, -0.05) is 54.6 Å². The monoisotopic (exact) mass is 1380 g/mol. The van der Waals surface area contributed by atoms with Crippen LogP contribution < -0.4 is 56.8 Å². The van der Waals surface area contributed by atoms with Crippen LogP contribution in [0.1, 0.15) is 12.8 Å². The third-order valence-corrected chi connectivity index (χ3v) is 20.2. The Morgan fingerprint density at radius 3 is 1.10 bits per heavy atom. The standard InChI is InChI=1S/C26H27N7O2.C26H26N6O3.C25H25N7O/c1-30-10-12-32(13-11-30)18-8-9-19(23(15-18)35-3)28-26-27-16-22-24(29-26)33-20-7-5-4-6-17(20)14-21(33)25(34)31(22)2;1-30-22-15-27-26(29-24(22)32-20-6-4-3-5-16(20)13-21(32)25(30)34)28-19-8-7-17(14-23(19)35-2)31-11-9-18(33)10-12-31;1-29-11-13-31(14-12-29)19-9-7-18(8-10-19)27-25-26-16-22-23(28-25)32-20-6-4-3-5-17(20)15-21(32)24(33)30(22)2/h4-9,14-16H,10-13H2,1-3H3,(H,27,28,29);3-8,13-15,18,33H,9-12H2,1-2H3,(H,27,28,29);3-10,15-16H,11-14H2,1-2H3,(H,26,27,28). The molecule has 3 fully saturated rings. The second kappa shape index (κ2) is 27.1. The smallest absolute Gasteiger partial charge is 0.275 e. The molecule has 0 radical (unpaired) electrons. The predicted octanol–water partition coefficient (Wildman–Crippen LogP) is 9.92. The fourth-order valence-corrected chi connectivity index (χ4v) is 14.3. The summed E-state index contributed by atoms with van der Waals surface area (Å²) in [5, 5.41) is 22.7. The minimum absolute atomic E-state index is 0.0671. The third-order valence-electron chi connectivity index (χ3n) is 20.2. The number of rotatable bonds is 11. The Labute approximate surface area is 590 Å². The number of aromatic nitrogens is 12. The van der Waals surface area contributed by atoms with Gasteiger partial charge in [-0.3, -0.25) is 27.6 Å². The summed E-state index contributed by atoms with van der Waals surface area (Å²) >= 11 is 0. The van der Waals surface area contributed by atoms with Crippen LogP contribution in [-0.2, 0) is 21.1 Å². The average molecular weight is 1380 g/mol. The molecule has 12 heterocycles. The average Bonchev–Trinajstić information content (AvgIpc) is 1.63. The molecule has 26 nitrogen and oxygen atoms in total. The number of hydrogen-bond acceptors (Lipinski definition) is 20. The number of ether oxygens (including phenoxy) is 2. The lowest BCUT2D eigenvalue weighted by Crippen LogP contribution is -2.44. The summed E-state index contributed by atoms with van der Waals surface area (Å²) in [4.78, 5) is 78.5. The molecule has 4 N–H and O–H groups in total. The van der Waals surface area contributed by atoms with E-state index in [1.807, 2.05) is 128 Å². The van der Waals surface area contributed by atoms with E-state index in [9.17, 15) is 19.5 Å². The Kier molecular flexibility index (Phi) is 17.2. The van der Waals surface area contributed by atoms with Gasteiger partial charge >= 0.3 is 0 Å². The van der Waals surface area contributed by atoms with Gasteiger partial charge in [0.1, 0.15) is 44.6 Å². The minimum Gasteiger partial charge on any atom is -0.494 e. The number of hydrogen-bond donors (Lipinski definition) is 4. The van der Waals surface area contributed by atoms with E-state index >= 15 is 0 Å².